The highest BCUT2D eigenvalue weighted by Gasteiger charge is 2.18. The van der Waals surface area contributed by atoms with E-state index in [-0.39, 0.29) is 16.7 Å². The molecule has 5 nitrogen and oxygen atoms in total. The Hall–Kier alpha value is -3.31. The van der Waals surface area contributed by atoms with Crippen molar-refractivity contribution in [1.29, 1.82) is 0 Å². The van der Waals surface area contributed by atoms with E-state index in [1.807, 2.05) is 48.5 Å². The van der Waals surface area contributed by atoms with E-state index in [1.165, 1.54) is 19.1 Å². The van der Waals surface area contributed by atoms with Gasteiger partial charge in [0.2, 0.25) is 0 Å². The third-order valence-electron chi connectivity index (χ3n) is 4.53. The molecule has 0 aliphatic carbocycles. The van der Waals surface area contributed by atoms with E-state index in [0.29, 0.717) is 22.7 Å². The molecule has 3 aromatic rings. The first-order valence-corrected chi connectivity index (χ1v) is 8.94. The van der Waals surface area contributed by atoms with E-state index in [9.17, 15) is 19.8 Å². The lowest BCUT2D eigenvalue weighted by atomic mass is 9.94. The second kappa shape index (κ2) is 8.15. The van der Waals surface area contributed by atoms with Gasteiger partial charge in [-0.2, -0.15) is 0 Å². The third-order valence-corrected chi connectivity index (χ3v) is 4.90. The molecule has 0 aliphatic rings. The zero-order chi connectivity index (χ0) is 20.3. The van der Waals surface area contributed by atoms with Gasteiger partial charge in [-0.3, -0.25) is 0 Å². The predicted octanol–water partition coefficient (Wildman–Crippen LogP) is 5.32. The van der Waals surface area contributed by atoms with Crippen LogP contribution in [0.4, 0.5) is 5.69 Å². The monoisotopic (exact) mass is 395 g/mol. The maximum absolute atomic E-state index is 11.6. The molecule has 3 N–H and O–H groups in total. The van der Waals surface area contributed by atoms with Crippen LogP contribution in [0.25, 0.3) is 11.1 Å². The van der Waals surface area contributed by atoms with Crippen molar-refractivity contribution in [2.75, 3.05) is 5.32 Å². The van der Waals surface area contributed by atoms with E-state index in [4.69, 9.17) is 11.6 Å². The van der Waals surface area contributed by atoms with Crippen LogP contribution >= 0.6 is 11.6 Å². The largest absolute Gasteiger partial charge is 0.478 e. The molecule has 3 rings (SSSR count). The topological polar surface area (TPSA) is 86.6 Å². The summed E-state index contributed by atoms with van der Waals surface area (Å²) in [5.41, 5.74) is 3.05. The van der Waals surface area contributed by atoms with Crippen LogP contribution in [0.1, 0.15) is 31.8 Å². The highest BCUT2D eigenvalue weighted by Crippen LogP contribution is 2.32. The molecule has 0 atom stereocenters. The maximum atomic E-state index is 11.6. The van der Waals surface area contributed by atoms with Crippen molar-refractivity contribution >= 4 is 29.2 Å². The zero-order valence-electron chi connectivity index (χ0n) is 15.1. The van der Waals surface area contributed by atoms with Gasteiger partial charge in [0.15, 0.2) is 0 Å². The molecule has 0 saturated carbocycles. The molecule has 0 aliphatic heterocycles. The number of para-hydroxylation sites is 1. The summed E-state index contributed by atoms with van der Waals surface area (Å²) in [4.78, 5) is 23.2. The summed E-state index contributed by atoms with van der Waals surface area (Å²) in [6, 6.07) is 17.8. The SMILES string of the molecule is Cc1c(C(=O)O)cc(-c2ccccc2NCc2ccccc2Cl)cc1C(=O)O. The number of rotatable bonds is 6. The second-order valence-electron chi connectivity index (χ2n) is 6.30. The summed E-state index contributed by atoms with van der Waals surface area (Å²) < 4.78 is 0. The maximum Gasteiger partial charge on any atom is 0.335 e. The summed E-state index contributed by atoms with van der Waals surface area (Å²) in [7, 11) is 0. The highest BCUT2D eigenvalue weighted by atomic mass is 35.5. The van der Waals surface area contributed by atoms with Crippen LogP contribution in [-0.2, 0) is 6.54 Å². The lowest BCUT2D eigenvalue weighted by Gasteiger charge is -2.15. The van der Waals surface area contributed by atoms with Gasteiger partial charge in [-0.25, -0.2) is 9.59 Å². The van der Waals surface area contributed by atoms with Gasteiger partial charge in [0, 0.05) is 22.8 Å². The lowest BCUT2D eigenvalue weighted by Crippen LogP contribution is -2.08. The lowest BCUT2D eigenvalue weighted by molar-refractivity contribution is 0.0696. The minimum Gasteiger partial charge on any atom is -0.478 e. The van der Waals surface area contributed by atoms with Crippen LogP contribution in [0, 0.1) is 6.92 Å². The van der Waals surface area contributed by atoms with Gasteiger partial charge in [-0.15, -0.1) is 0 Å². The van der Waals surface area contributed by atoms with Crippen molar-refractivity contribution in [3.8, 4) is 11.1 Å². The molecule has 28 heavy (non-hydrogen) atoms. The molecular weight excluding hydrogens is 378 g/mol. The molecule has 0 amide bonds. The van der Waals surface area contributed by atoms with E-state index in [1.54, 1.807) is 0 Å². The summed E-state index contributed by atoms with van der Waals surface area (Å²) in [6.07, 6.45) is 0. The quantitative estimate of drug-likeness (QED) is 0.525. The Morgan fingerprint density at radius 3 is 2.11 bits per heavy atom. The van der Waals surface area contributed by atoms with Gasteiger partial charge in [-0.1, -0.05) is 48.0 Å². The van der Waals surface area contributed by atoms with Gasteiger partial charge < -0.3 is 15.5 Å². The highest BCUT2D eigenvalue weighted by molar-refractivity contribution is 6.31. The van der Waals surface area contributed by atoms with Crippen molar-refractivity contribution in [3.63, 3.8) is 0 Å². The van der Waals surface area contributed by atoms with Crippen molar-refractivity contribution in [3.05, 3.63) is 87.9 Å². The predicted molar refractivity (Wildman–Crippen MR) is 109 cm³/mol. The van der Waals surface area contributed by atoms with Crippen LogP contribution in [0.2, 0.25) is 5.02 Å². The van der Waals surface area contributed by atoms with Crippen molar-refractivity contribution in [1.82, 2.24) is 0 Å². The molecule has 0 spiro atoms. The molecular formula is C22H18ClNO4. The minimum absolute atomic E-state index is 0.0317. The molecule has 0 radical (unpaired) electrons. The Morgan fingerprint density at radius 1 is 0.929 bits per heavy atom. The van der Waals surface area contributed by atoms with Gasteiger partial charge in [0.1, 0.15) is 0 Å². The number of halogens is 1. The fourth-order valence-electron chi connectivity index (χ4n) is 3.04. The summed E-state index contributed by atoms with van der Waals surface area (Å²) >= 11 is 6.21. The summed E-state index contributed by atoms with van der Waals surface area (Å²) in [5.74, 6) is -2.33. The Kier molecular flexibility index (Phi) is 5.66. The van der Waals surface area contributed by atoms with Gasteiger partial charge in [-0.05, 0) is 47.9 Å². The van der Waals surface area contributed by atoms with E-state index in [2.05, 4.69) is 5.32 Å². The van der Waals surface area contributed by atoms with Crippen LogP contribution in [0.5, 0.6) is 0 Å². The van der Waals surface area contributed by atoms with Crippen LogP contribution in [0.3, 0.4) is 0 Å². The fraction of sp³-hybridized carbons (Fsp3) is 0.0909. The fourth-order valence-corrected chi connectivity index (χ4v) is 3.24. The van der Waals surface area contributed by atoms with E-state index < -0.39 is 11.9 Å². The van der Waals surface area contributed by atoms with Crippen molar-refractivity contribution in [2.45, 2.75) is 13.5 Å². The van der Waals surface area contributed by atoms with Crippen LogP contribution < -0.4 is 5.32 Å². The molecule has 0 heterocycles. The first-order valence-electron chi connectivity index (χ1n) is 8.56. The van der Waals surface area contributed by atoms with Crippen molar-refractivity contribution in [2.24, 2.45) is 0 Å². The first kappa shape index (κ1) is 19.5. The number of hydrogen-bond acceptors (Lipinski definition) is 3. The number of carbonyl (C=O) groups is 2. The van der Waals surface area contributed by atoms with Crippen LogP contribution in [0.15, 0.2) is 60.7 Å². The standard InChI is InChI=1S/C22H18ClNO4/c1-13-17(21(25)26)10-15(11-18(13)22(27)28)16-7-3-5-9-20(16)24-12-14-6-2-4-8-19(14)23/h2-11,24H,12H2,1H3,(H,25,26)(H,27,28). The average Bonchev–Trinajstić information content (AvgIpc) is 2.67. The van der Waals surface area contributed by atoms with E-state index >= 15 is 0 Å². The molecule has 0 bridgehead atoms. The first-order chi connectivity index (χ1) is 13.4. The number of hydrogen-bond donors (Lipinski definition) is 3. The molecule has 0 fully saturated rings. The number of benzene rings is 3. The van der Waals surface area contributed by atoms with E-state index in [0.717, 1.165) is 11.3 Å². The minimum atomic E-state index is -1.16. The number of nitrogens with one attached hydrogen (secondary N) is 1. The van der Waals surface area contributed by atoms with Gasteiger partial charge >= 0.3 is 11.9 Å². The molecule has 0 unspecified atom stereocenters. The van der Waals surface area contributed by atoms with Crippen molar-refractivity contribution < 1.29 is 19.8 Å². The molecule has 3 aromatic carbocycles. The Morgan fingerprint density at radius 2 is 1.50 bits per heavy atom. The Balaban J connectivity index is 2.04. The molecule has 0 aromatic heterocycles. The van der Waals surface area contributed by atoms with Gasteiger partial charge in [0.25, 0.3) is 0 Å². The zero-order valence-corrected chi connectivity index (χ0v) is 15.8. The second-order valence-corrected chi connectivity index (χ2v) is 6.70. The Labute approximate surface area is 167 Å². The third kappa shape index (κ3) is 4.00. The molecule has 142 valence electrons. The number of carboxylic acids is 2. The summed E-state index contributed by atoms with van der Waals surface area (Å²) in [5, 5.41) is 22.9. The molecule has 0 saturated heterocycles. The number of aromatic carboxylic acids is 2. The average molecular weight is 396 g/mol. The van der Waals surface area contributed by atoms with Crippen LogP contribution in [-0.4, -0.2) is 22.2 Å². The smallest absolute Gasteiger partial charge is 0.335 e. The van der Waals surface area contributed by atoms with Gasteiger partial charge in [0.05, 0.1) is 11.1 Å². The Bertz CT molecular complexity index is 1030. The number of carboxylic acid groups (broad SMARTS) is 2. The summed E-state index contributed by atoms with van der Waals surface area (Å²) in [6.45, 7) is 1.97. The normalized spacial score (nSPS) is 10.5. The molecule has 6 heteroatoms. The number of anilines is 1.